The van der Waals surface area contributed by atoms with Crippen LogP contribution in [0.15, 0.2) is 42.5 Å². The summed E-state index contributed by atoms with van der Waals surface area (Å²) in [6.07, 6.45) is 0.893. The number of para-hydroxylation sites is 1. The normalized spacial score (nSPS) is 16.5. The van der Waals surface area contributed by atoms with Crippen molar-refractivity contribution in [1.29, 1.82) is 0 Å². The van der Waals surface area contributed by atoms with E-state index in [1.807, 2.05) is 55.1 Å². The zero-order chi connectivity index (χ0) is 18.2. The van der Waals surface area contributed by atoms with E-state index in [-0.39, 0.29) is 11.9 Å². The Labute approximate surface area is 149 Å². The second-order valence-electron chi connectivity index (χ2n) is 7.05. The van der Waals surface area contributed by atoms with Crippen molar-refractivity contribution in [2.45, 2.75) is 38.6 Å². The van der Waals surface area contributed by atoms with Gasteiger partial charge in [-0.3, -0.25) is 4.79 Å². The van der Waals surface area contributed by atoms with Gasteiger partial charge in [0.1, 0.15) is 0 Å². The molecule has 132 valence electrons. The molecule has 1 atom stereocenters. The number of ether oxygens (including phenoxy) is 2. The molecule has 0 aliphatic carbocycles. The molecule has 3 rings (SSSR count). The number of anilines is 1. The van der Waals surface area contributed by atoms with Gasteiger partial charge in [0.15, 0.2) is 11.5 Å². The third kappa shape index (κ3) is 2.86. The van der Waals surface area contributed by atoms with E-state index in [0.717, 1.165) is 17.7 Å². The molecule has 1 amide bonds. The van der Waals surface area contributed by atoms with Crippen molar-refractivity contribution >= 4 is 11.6 Å². The van der Waals surface area contributed by atoms with Crippen LogP contribution in [0, 0.1) is 0 Å². The highest BCUT2D eigenvalue weighted by Crippen LogP contribution is 2.38. The highest BCUT2D eigenvalue weighted by molar-refractivity contribution is 6.02. The fraction of sp³-hybridized carbons (Fsp3) is 0.381. The molecule has 25 heavy (non-hydrogen) atoms. The maximum Gasteiger partial charge on any atom is 0.237 e. The number of hydrogen-bond donors (Lipinski definition) is 0. The van der Waals surface area contributed by atoms with E-state index in [0.29, 0.717) is 11.5 Å². The zero-order valence-corrected chi connectivity index (χ0v) is 15.5. The summed E-state index contributed by atoms with van der Waals surface area (Å²) in [4.78, 5) is 15.4. The van der Waals surface area contributed by atoms with Gasteiger partial charge in [0.25, 0.3) is 0 Å². The van der Waals surface area contributed by atoms with E-state index in [1.165, 1.54) is 5.56 Å². The lowest BCUT2D eigenvalue weighted by Crippen LogP contribution is -2.46. The van der Waals surface area contributed by atoms with Crippen LogP contribution in [0.2, 0.25) is 0 Å². The minimum atomic E-state index is -0.675. The first-order chi connectivity index (χ1) is 11.9. The van der Waals surface area contributed by atoms with Crippen LogP contribution >= 0.6 is 0 Å². The number of amides is 1. The minimum Gasteiger partial charge on any atom is -0.493 e. The lowest BCUT2D eigenvalue weighted by atomic mass is 9.82. The van der Waals surface area contributed by atoms with E-state index < -0.39 is 5.41 Å². The van der Waals surface area contributed by atoms with E-state index in [2.05, 4.69) is 13.0 Å². The molecule has 0 saturated heterocycles. The molecule has 1 unspecified atom stereocenters. The van der Waals surface area contributed by atoms with Gasteiger partial charge < -0.3 is 14.4 Å². The number of fused-ring (bicyclic) bond motifs is 1. The molecular weight excluding hydrogens is 314 g/mol. The Morgan fingerprint density at radius 3 is 2.44 bits per heavy atom. The Kier molecular flexibility index (Phi) is 4.46. The predicted octanol–water partition coefficient (Wildman–Crippen LogP) is 3.96. The van der Waals surface area contributed by atoms with Crippen LogP contribution in [0.25, 0.3) is 0 Å². The van der Waals surface area contributed by atoms with Crippen LogP contribution in [0.4, 0.5) is 5.69 Å². The van der Waals surface area contributed by atoms with Gasteiger partial charge in [-0.25, -0.2) is 0 Å². The maximum atomic E-state index is 13.4. The molecule has 2 aromatic carbocycles. The average Bonchev–Trinajstić information content (AvgIpc) is 2.95. The quantitative estimate of drug-likeness (QED) is 0.846. The van der Waals surface area contributed by atoms with Crippen LogP contribution in [0.1, 0.15) is 31.9 Å². The summed E-state index contributed by atoms with van der Waals surface area (Å²) in [5, 5.41) is 0. The summed E-state index contributed by atoms with van der Waals surface area (Å²) in [6.45, 7) is 6.02. The van der Waals surface area contributed by atoms with Crippen molar-refractivity contribution in [2.75, 3.05) is 19.1 Å². The largest absolute Gasteiger partial charge is 0.493 e. The Hall–Kier alpha value is -2.49. The van der Waals surface area contributed by atoms with Crippen LogP contribution in [-0.2, 0) is 16.6 Å². The number of carbonyl (C=O) groups is 1. The second kappa shape index (κ2) is 6.43. The lowest BCUT2D eigenvalue weighted by molar-refractivity contribution is -0.123. The van der Waals surface area contributed by atoms with Gasteiger partial charge >= 0.3 is 0 Å². The molecule has 0 saturated carbocycles. The number of nitrogens with zero attached hydrogens (tertiary/aromatic N) is 1. The first kappa shape index (κ1) is 17.3. The maximum absolute atomic E-state index is 13.4. The summed E-state index contributed by atoms with van der Waals surface area (Å²) < 4.78 is 10.7. The van der Waals surface area contributed by atoms with Crippen molar-refractivity contribution in [3.8, 4) is 11.5 Å². The predicted molar refractivity (Wildman–Crippen MR) is 99.7 cm³/mol. The van der Waals surface area contributed by atoms with Gasteiger partial charge in [-0.05, 0) is 56.5 Å². The van der Waals surface area contributed by atoms with Gasteiger partial charge in [-0.15, -0.1) is 0 Å². The fourth-order valence-corrected chi connectivity index (χ4v) is 3.52. The molecule has 1 heterocycles. The Morgan fingerprint density at radius 2 is 1.76 bits per heavy atom. The summed E-state index contributed by atoms with van der Waals surface area (Å²) in [5.74, 6) is 1.39. The Bertz CT molecular complexity index is 797. The van der Waals surface area contributed by atoms with Gasteiger partial charge in [0, 0.05) is 11.7 Å². The van der Waals surface area contributed by atoms with E-state index in [9.17, 15) is 4.79 Å². The molecule has 0 fully saturated rings. The van der Waals surface area contributed by atoms with Crippen LogP contribution in [0.5, 0.6) is 11.5 Å². The SMILES string of the molecule is COc1ccc(C(C)(C)C(=O)N2c3ccccc3CC2C)cc1OC. The van der Waals surface area contributed by atoms with E-state index in [1.54, 1.807) is 14.2 Å². The third-order valence-corrected chi connectivity index (χ3v) is 5.07. The molecular formula is C21H25NO3. The first-order valence-corrected chi connectivity index (χ1v) is 8.54. The molecule has 0 aromatic heterocycles. The molecule has 4 nitrogen and oxygen atoms in total. The highest BCUT2D eigenvalue weighted by Gasteiger charge is 2.40. The standard InChI is InChI=1S/C21H25NO3/c1-14-12-15-8-6-7-9-17(15)22(14)20(23)21(2,3)16-10-11-18(24-4)19(13-16)25-5/h6-11,13-14H,12H2,1-5H3. The van der Waals surface area contributed by atoms with Crippen molar-refractivity contribution in [3.63, 3.8) is 0 Å². The topological polar surface area (TPSA) is 38.8 Å². The zero-order valence-electron chi connectivity index (χ0n) is 15.5. The van der Waals surface area contributed by atoms with Crippen molar-refractivity contribution in [2.24, 2.45) is 0 Å². The molecule has 0 spiro atoms. The molecule has 0 N–H and O–H groups in total. The Morgan fingerprint density at radius 1 is 1.08 bits per heavy atom. The smallest absolute Gasteiger partial charge is 0.237 e. The highest BCUT2D eigenvalue weighted by atomic mass is 16.5. The summed E-state index contributed by atoms with van der Waals surface area (Å²) >= 11 is 0. The monoisotopic (exact) mass is 339 g/mol. The molecule has 4 heteroatoms. The number of benzene rings is 2. The van der Waals surface area contributed by atoms with Gasteiger partial charge in [-0.2, -0.15) is 0 Å². The third-order valence-electron chi connectivity index (χ3n) is 5.07. The summed E-state index contributed by atoms with van der Waals surface area (Å²) in [7, 11) is 3.21. The number of rotatable bonds is 4. The minimum absolute atomic E-state index is 0.0946. The van der Waals surface area contributed by atoms with Gasteiger partial charge in [-0.1, -0.05) is 24.3 Å². The molecule has 2 aromatic rings. The summed E-state index contributed by atoms with van der Waals surface area (Å²) in [6, 6.07) is 14.0. The first-order valence-electron chi connectivity index (χ1n) is 8.54. The molecule has 1 aliphatic rings. The number of methoxy groups -OCH3 is 2. The van der Waals surface area contributed by atoms with Crippen molar-refractivity contribution < 1.29 is 14.3 Å². The second-order valence-corrected chi connectivity index (χ2v) is 7.05. The number of hydrogen-bond acceptors (Lipinski definition) is 3. The van der Waals surface area contributed by atoms with E-state index in [4.69, 9.17) is 9.47 Å². The van der Waals surface area contributed by atoms with Gasteiger partial charge in [0.05, 0.1) is 19.6 Å². The lowest BCUT2D eigenvalue weighted by Gasteiger charge is -2.33. The van der Waals surface area contributed by atoms with E-state index >= 15 is 0 Å². The van der Waals surface area contributed by atoms with Crippen molar-refractivity contribution in [3.05, 3.63) is 53.6 Å². The van der Waals surface area contributed by atoms with Crippen LogP contribution < -0.4 is 14.4 Å². The molecule has 1 aliphatic heterocycles. The van der Waals surface area contributed by atoms with Crippen molar-refractivity contribution in [1.82, 2.24) is 0 Å². The fourth-order valence-electron chi connectivity index (χ4n) is 3.52. The van der Waals surface area contributed by atoms with Crippen LogP contribution in [-0.4, -0.2) is 26.2 Å². The molecule has 0 radical (unpaired) electrons. The molecule has 0 bridgehead atoms. The van der Waals surface area contributed by atoms with Gasteiger partial charge in [0.2, 0.25) is 5.91 Å². The number of carbonyl (C=O) groups excluding carboxylic acids is 1. The Balaban J connectivity index is 1.99. The van der Waals surface area contributed by atoms with Crippen LogP contribution in [0.3, 0.4) is 0 Å². The average molecular weight is 339 g/mol. The summed E-state index contributed by atoms with van der Waals surface area (Å²) in [5.41, 5.74) is 2.48.